The molecule has 2 aromatic carbocycles. The van der Waals surface area contributed by atoms with Gasteiger partial charge in [0, 0.05) is 16.1 Å². The van der Waals surface area contributed by atoms with Gasteiger partial charge in [0.2, 0.25) is 0 Å². The fraction of sp³-hybridized carbons (Fsp3) is 0.296. The molecule has 0 saturated heterocycles. The summed E-state index contributed by atoms with van der Waals surface area (Å²) in [7, 11) is 1.55. The Kier molecular flexibility index (Phi) is 8.26. The molecule has 3 aromatic rings. The number of carbonyl (C=O) groups excluding carboxylic acids is 1. The van der Waals surface area contributed by atoms with Gasteiger partial charge in [0.25, 0.3) is 5.56 Å². The number of halogens is 2. The number of esters is 1. The van der Waals surface area contributed by atoms with Crippen molar-refractivity contribution in [3.63, 3.8) is 0 Å². The van der Waals surface area contributed by atoms with E-state index in [1.54, 1.807) is 39.2 Å². The highest BCUT2D eigenvalue weighted by Crippen LogP contribution is 2.36. The summed E-state index contributed by atoms with van der Waals surface area (Å²) in [5.41, 5.74) is 1.78. The fourth-order valence-electron chi connectivity index (χ4n) is 4.20. The highest BCUT2D eigenvalue weighted by Gasteiger charge is 2.35. The van der Waals surface area contributed by atoms with Gasteiger partial charge < -0.3 is 14.2 Å². The molecule has 0 saturated carbocycles. The van der Waals surface area contributed by atoms with Gasteiger partial charge in [-0.15, -0.1) is 0 Å². The Labute approximate surface area is 231 Å². The van der Waals surface area contributed by atoms with Crippen molar-refractivity contribution in [1.82, 2.24) is 4.57 Å². The number of para-hydroxylation sites is 1. The maximum atomic E-state index is 13.9. The average Bonchev–Trinajstić information content (AvgIpc) is 3.12. The number of fused-ring (bicyclic) bond motifs is 1. The zero-order valence-electron chi connectivity index (χ0n) is 21.0. The van der Waals surface area contributed by atoms with E-state index >= 15 is 0 Å². The minimum absolute atomic E-state index is 0.109. The van der Waals surface area contributed by atoms with Crippen LogP contribution in [0.4, 0.5) is 0 Å². The SMILES string of the molecule is CCOC(=O)C1=C(C)N=c2s/c(=C\c3cc(Cl)cc(Br)c3OC)c(=O)n2[C@H]1c1ccccc1OC(C)C. The van der Waals surface area contributed by atoms with Crippen molar-refractivity contribution >= 4 is 50.9 Å². The molecule has 1 atom stereocenters. The van der Waals surface area contributed by atoms with Gasteiger partial charge in [0.1, 0.15) is 17.5 Å². The summed E-state index contributed by atoms with van der Waals surface area (Å²) in [5, 5.41) is 0.491. The molecule has 10 heteroatoms. The van der Waals surface area contributed by atoms with Crippen LogP contribution in [0.1, 0.15) is 44.9 Å². The number of hydrogen-bond donors (Lipinski definition) is 0. The summed E-state index contributed by atoms with van der Waals surface area (Å²) in [4.78, 5) is 32.2. The average molecular weight is 606 g/mol. The van der Waals surface area contributed by atoms with E-state index < -0.39 is 12.0 Å². The third kappa shape index (κ3) is 5.39. The van der Waals surface area contributed by atoms with Crippen LogP contribution in [0.3, 0.4) is 0 Å². The molecule has 0 spiro atoms. The summed E-state index contributed by atoms with van der Waals surface area (Å²) in [6, 6.07) is 10.1. The molecular formula is C27H26BrClN2O5S. The van der Waals surface area contributed by atoms with Crippen molar-refractivity contribution in [2.45, 2.75) is 39.8 Å². The molecule has 194 valence electrons. The summed E-state index contributed by atoms with van der Waals surface area (Å²) in [5.74, 6) is 0.600. The van der Waals surface area contributed by atoms with Crippen molar-refractivity contribution in [2.75, 3.05) is 13.7 Å². The van der Waals surface area contributed by atoms with Crippen LogP contribution in [0.15, 0.2) is 61.9 Å². The number of hydrogen-bond acceptors (Lipinski definition) is 7. The third-order valence-corrected chi connectivity index (χ3v) is 7.41. The summed E-state index contributed by atoms with van der Waals surface area (Å²) in [6.07, 6.45) is 1.61. The minimum atomic E-state index is -0.777. The normalized spacial score (nSPS) is 15.5. The summed E-state index contributed by atoms with van der Waals surface area (Å²) >= 11 is 11.0. The van der Waals surface area contributed by atoms with Crippen molar-refractivity contribution in [3.05, 3.63) is 88.0 Å². The lowest BCUT2D eigenvalue weighted by Gasteiger charge is -2.26. The molecular weight excluding hydrogens is 580 g/mol. The molecule has 0 radical (unpaired) electrons. The molecule has 0 aliphatic carbocycles. The number of allylic oxidation sites excluding steroid dienone is 1. The topological polar surface area (TPSA) is 79.1 Å². The number of nitrogens with zero attached hydrogens (tertiary/aromatic N) is 2. The first kappa shape index (κ1) is 27.2. The molecule has 0 amide bonds. The number of ether oxygens (including phenoxy) is 3. The first-order chi connectivity index (χ1) is 17.7. The van der Waals surface area contributed by atoms with Crippen LogP contribution in [0.5, 0.6) is 11.5 Å². The Hall–Kier alpha value is -2.88. The van der Waals surface area contributed by atoms with Crippen molar-refractivity contribution in [1.29, 1.82) is 0 Å². The zero-order valence-corrected chi connectivity index (χ0v) is 24.2. The van der Waals surface area contributed by atoms with Crippen LogP contribution in [0.2, 0.25) is 5.02 Å². The second-order valence-corrected chi connectivity index (χ2v) is 10.8. The van der Waals surface area contributed by atoms with Gasteiger partial charge in [0.15, 0.2) is 4.80 Å². The molecule has 37 heavy (non-hydrogen) atoms. The lowest BCUT2D eigenvalue weighted by molar-refractivity contribution is -0.139. The quantitative estimate of drug-likeness (QED) is 0.354. The Morgan fingerprint density at radius 1 is 1.30 bits per heavy atom. The standard InChI is InChI=1S/C27H26BrClN2O5S/c1-6-35-26(33)22-15(4)30-27-31(23(22)18-9-7-8-10-20(18)36-14(2)3)25(32)21(37-27)12-16-11-17(29)13-19(28)24(16)34-5/h7-14,23H,6H2,1-5H3/b21-12-/t23-/m0/s1. The van der Waals surface area contributed by atoms with Gasteiger partial charge in [-0.25, -0.2) is 9.79 Å². The number of methoxy groups -OCH3 is 1. The zero-order chi connectivity index (χ0) is 26.9. The molecule has 0 bridgehead atoms. The predicted octanol–water partition coefficient (Wildman–Crippen LogP) is 5.01. The van der Waals surface area contributed by atoms with Crippen molar-refractivity contribution in [2.24, 2.45) is 4.99 Å². The fourth-order valence-corrected chi connectivity index (χ4v) is 6.23. The molecule has 1 aromatic heterocycles. The van der Waals surface area contributed by atoms with Gasteiger partial charge in [-0.3, -0.25) is 9.36 Å². The molecule has 4 rings (SSSR count). The summed E-state index contributed by atoms with van der Waals surface area (Å²) in [6.45, 7) is 7.53. The second kappa shape index (κ2) is 11.2. The van der Waals surface area contributed by atoms with E-state index in [-0.39, 0.29) is 18.3 Å². The number of thiazole rings is 1. The first-order valence-corrected chi connectivity index (χ1v) is 13.6. The second-order valence-electron chi connectivity index (χ2n) is 8.52. The van der Waals surface area contributed by atoms with Crippen LogP contribution >= 0.6 is 38.9 Å². The van der Waals surface area contributed by atoms with E-state index in [1.807, 2.05) is 38.1 Å². The maximum absolute atomic E-state index is 13.9. The molecule has 2 heterocycles. The van der Waals surface area contributed by atoms with E-state index in [2.05, 4.69) is 20.9 Å². The monoisotopic (exact) mass is 604 g/mol. The largest absolute Gasteiger partial charge is 0.495 e. The maximum Gasteiger partial charge on any atom is 0.338 e. The van der Waals surface area contributed by atoms with Crippen molar-refractivity contribution in [3.8, 4) is 11.5 Å². The van der Waals surface area contributed by atoms with Crippen molar-refractivity contribution < 1.29 is 19.0 Å². The number of rotatable bonds is 7. The van der Waals surface area contributed by atoms with E-state index in [4.69, 9.17) is 25.8 Å². The number of benzene rings is 2. The molecule has 0 N–H and O–H groups in total. The molecule has 7 nitrogen and oxygen atoms in total. The van der Waals surface area contributed by atoms with Crippen LogP contribution in [-0.2, 0) is 9.53 Å². The van der Waals surface area contributed by atoms with Crippen LogP contribution in [0.25, 0.3) is 6.08 Å². The Morgan fingerprint density at radius 3 is 2.70 bits per heavy atom. The molecule has 1 aliphatic heterocycles. The molecule has 1 aliphatic rings. The van der Waals surface area contributed by atoms with E-state index in [0.717, 1.165) is 0 Å². The van der Waals surface area contributed by atoms with Gasteiger partial charge >= 0.3 is 5.97 Å². The minimum Gasteiger partial charge on any atom is -0.495 e. The Morgan fingerprint density at radius 2 is 2.03 bits per heavy atom. The van der Waals surface area contributed by atoms with E-state index in [0.29, 0.717) is 52.7 Å². The summed E-state index contributed by atoms with van der Waals surface area (Å²) < 4.78 is 19.6. The lowest BCUT2D eigenvalue weighted by Crippen LogP contribution is -2.40. The van der Waals surface area contributed by atoms with Crippen LogP contribution in [-0.4, -0.2) is 30.4 Å². The van der Waals surface area contributed by atoms with E-state index in [9.17, 15) is 9.59 Å². The van der Waals surface area contributed by atoms with Crippen LogP contribution < -0.4 is 24.4 Å². The lowest BCUT2D eigenvalue weighted by atomic mass is 9.95. The number of carbonyl (C=O) groups is 1. The molecule has 0 fully saturated rings. The highest BCUT2D eigenvalue weighted by molar-refractivity contribution is 9.10. The van der Waals surface area contributed by atoms with E-state index in [1.165, 1.54) is 15.9 Å². The van der Waals surface area contributed by atoms with Gasteiger partial charge in [-0.2, -0.15) is 0 Å². The highest BCUT2D eigenvalue weighted by atomic mass is 79.9. The third-order valence-electron chi connectivity index (χ3n) is 5.62. The molecule has 0 unspecified atom stereocenters. The smallest absolute Gasteiger partial charge is 0.338 e. The van der Waals surface area contributed by atoms with Gasteiger partial charge in [0.05, 0.1) is 40.1 Å². The van der Waals surface area contributed by atoms with Gasteiger partial charge in [-0.05, 0) is 67.9 Å². The number of aromatic nitrogens is 1. The Bertz CT molecular complexity index is 1570. The first-order valence-electron chi connectivity index (χ1n) is 11.6. The van der Waals surface area contributed by atoms with Gasteiger partial charge in [-0.1, -0.05) is 41.1 Å². The Balaban J connectivity index is 2.01. The van der Waals surface area contributed by atoms with Crippen LogP contribution in [0, 0.1) is 0 Å². The predicted molar refractivity (Wildman–Crippen MR) is 148 cm³/mol.